The van der Waals surface area contributed by atoms with E-state index in [2.05, 4.69) is 15.2 Å². The second-order valence-electron chi connectivity index (χ2n) is 9.09. The fourth-order valence-corrected chi connectivity index (χ4v) is 5.46. The van der Waals surface area contributed by atoms with Crippen molar-refractivity contribution in [2.24, 2.45) is 5.92 Å². The van der Waals surface area contributed by atoms with Crippen LogP contribution >= 0.6 is 0 Å². The summed E-state index contributed by atoms with van der Waals surface area (Å²) in [6, 6.07) is 11.8. The number of carbonyl (C=O) groups excluding carboxylic acids is 1. The topological polar surface area (TPSA) is 67.2 Å². The fourth-order valence-electron chi connectivity index (χ4n) is 5.46. The summed E-state index contributed by atoms with van der Waals surface area (Å²) in [6.45, 7) is 3.49. The molecule has 1 aromatic carbocycles. The Morgan fingerprint density at radius 2 is 1.78 bits per heavy atom. The third-order valence-electron chi connectivity index (χ3n) is 7.09. The molecule has 1 amide bonds. The first-order chi connectivity index (χ1) is 15.7. The van der Waals surface area contributed by atoms with Crippen LogP contribution in [0.3, 0.4) is 0 Å². The number of pyridine rings is 2. The molecule has 6 nitrogen and oxygen atoms in total. The first kappa shape index (κ1) is 20.9. The Balaban J connectivity index is 1.40. The number of fused-ring (bicyclic) bond motifs is 2. The summed E-state index contributed by atoms with van der Waals surface area (Å²) in [5.41, 5.74) is 1.45. The molecule has 2 aliphatic rings. The first-order valence-electron chi connectivity index (χ1n) is 11.7. The molecule has 4 heterocycles. The number of hydrogen-bond donors (Lipinski definition) is 1. The molecule has 0 radical (unpaired) electrons. The van der Waals surface area contributed by atoms with E-state index in [1.807, 2.05) is 30.3 Å². The van der Waals surface area contributed by atoms with Gasteiger partial charge in [-0.05, 0) is 68.5 Å². The largest absolute Gasteiger partial charge is 0.352 e. The predicted octanol–water partition coefficient (Wildman–Crippen LogP) is 3.44. The van der Waals surface area contributed by atoms with E-state index in [1.54, 1.807) is 29.2 Å². The molecule has 2 atom stereocenters. The van der Waals surface area contributed by atoms with Crippen LogP contribution in [-0.4, -0.2) is 46.0 Å². The van der Waals surface area contributed by atoms with Crippen LogP contribution in [0.1, 0.15) is 48.0 Å². The highest BCUT2D eigenvalue weighted by atomic mass is 16.2. The summed E-state index contributed by atoms with van der Waals surface area (Å²) in [5, 5.41) is 4.50. The minimum atomic E-state index is -0.0994. The Morgan fingerprint density at radius 1 is 1.00 bits per heavy atom. The zero-order valence-electron chi connectivity index (χ0n) is 18.4. The van der Waals surface area contributed by atoms with Crippen molar-refractivity contribution < 1.29 is 4.79 Å². The van der Waals surface area contributed by atoms with Crippen molar-refractivity contribution in [1.29, 1.82) is 0 Å². The van der Waals surface area contributed by atoms with Gasteiger partial charge in [-0.15, -0.1) is 0 Å². The molecule has 1 N–H and O–H groups in total. The van der Waals surface area contributed by atoms with Gasteiger partial charge in [0.25, 0.3) is 11.5 Å². The average molecular weight is 431 g/mol. The lowest BCUT2D eigenvalue weighted by Crippen LogP contribution is -2.51. The van der Waals surface area contributed by atoms with Gasteiger partial charge in [-0.1, -0.05) is 24.6 Å². The van der Waals surface area contributed by atoms with E-state index in [0.29, 0.717) is 41.4 Å². The minimum Gasteiger partial charge on any atom is -0.352 e. The maximum Gasteiger partial charge on any atom is 0.258 e. The molecular weight excluding hydrogens is 400 g/mol. The second kappa shape index (κ2) is 9.25. The highest BCUT2D eigenvalue weighted by Crippen LogP contribution is 2.30. The zero-order valence-corrected chi connectivity index (χ0v) is 18.4. The summed E-state index contributed by atoms with van der Waals surface area (Å²) in [4.78, 5) is 33.1. The van der Waals surface area contributed by atoms with E-state index in [-0.39, 0.29) is 11.5 Å². The fraction of sp³-hybridized carbons (Fsp3) is 0.423. The Bertz CT molecular complexity index is 1160. The van der Waals surface area contributed by atoms with Gasteiger partial charge in [0, 0.05) is 41.9 Å². The number of rotatable bonds is 5. The number of amides is 1. The number of carbonyl (C=O) groups is 1. The van der Waals surface area contributed by atoms with Gasteiger partial charge in [-0.3, -0.25) is 14.6 Å². The van der Waals surface area contributed by atoms with Crippen molar-refractivity contribution in [3.63, 3.8) is 0 Å². The number of hydrogen-bond acceptors (Lipinski definition) is 4. The predicted molar refractivity (Wildman–Crippen MR) is 126 cm³/mol. The molecule has 0 aliphatic carbocycles. The highest BCUT2D eigenvalue weighted by Gasteiger charge is 2.33. The molecule has 0 spiro atoms. The summed E-state index contributed by atoms with van der Waals surface area (Å²) < 4.78 is 1.63. The van der Waals surface area contributed by atoms with Gasteiger partial charge in [0.2, 0.25) is 0 Å². The SMILES string of the molecule is O=C(NCC1CCCN2CCCCC12)c1cn(Cc2ccncc2)c(=O)c2ccccc12. The van der Waals surface area contributed by atoms with Gasteiger partial charge in [0.15, 0.2) is 0 Å². The monoisotopic (exact) mass is 430 g/mol. The highest BCUT2D eigenvalue weighted by molar-refractivity contribution is 6.06. The number of benzene rings is 1. The van der Waals surface area contributed by atoms with Crippen LogP contribution in [0.25, 0.3) is 10.8 Å². The van der Waals surface area contributed by atoms with Crippen molar-refractivity contribution in [3.8, 4) is 0 Å². The molecule has 0 bridgehead atoms. The Labute approximate surface area is 188 Å². The second-order valence-corrected chi connectivity index (χ2v) is 9.09. The lowest BCUT2D eigenvalue weighted by molar-refractivity contribution is 0.0576. The lowest BCUT2D eigenvalue weighted by Gasteiger charge is -2.44. The van der Waals surface area contributed by atoms with Gasteiger partial charge in [0.05, 0.1) is 12.1 Å². The Hall–Kier alpha value is -2.99. The van der Waals surface area contributed by atoms with Crippen molar-refractivity contribution in [1.82, 2.24) is 19.8 Å². The zero-order chi connectivity index (χ0) is 21.9. The maximum atomic E-state index is 13.3. The Kier molecular flexibility index (Phi) is 6.04. The van der Waals surface area contributed by atoms with Crippen molar-refractivity contribution >= 4 is 16.7 Å². The molecule has 3 aromatic rings. The number of aromatic nitrogens is 2. The molecule has 6 heteroatoms. The number of nitrogens with zero attached hydrogens (tertiary/aromatic N) is 3. The smallest absolute Gasteiger partial charge is 0.258 e. The molecule has 2 fully saturated rings. The molecule has 2 aromatic heterocycles. The van der Waals surface area contributed by atoms with Gasteiger partial charge in [-0.2, -0.15) is 0 Å². The molecule has 0 saturated carbocycles. The van der Waals surface area contributed by atoms with Crippen molar-refractivity contribution in [2.45, 2.75) is 44.7 Å². The van der Waals surface area contributed by atoms with E-state index < -0.39 is 0 Å². The van der Waals surface area contributed by atoms with Crippen LogP contribution in [0.2, 0.25) is 0 Å². The molecule has 5 rings (SSSR count). The minimum absolute atomic E-state index is 0.0842. The summed E-state index contributed by atoms with van der Waals surface area (Å²) >= 11 is 0. The molecule has 32 heavy (non-hydrogen) atoms. The van der Waals surface area contributed by atoms with Crippen LogP contribution in [0, 0.1) is 5.92 Å². The summed E-state index contributed by atoms with van der Waals surface area (Å²) in [6.07, 6.45) is 11.3. The van der Waals surface area contributed by atoms with Crippen molar-refractivity contribution in [3.05, 3.63) is 76.5 Å². The molecule has 2 saturated heterocycles. The van der Waals surface area contributed by atoms with Crippen LogP contribution in [0.15, 0.2) is 59.8 Å². The van der Waals surface area contributed by atoms with E-state index >= 15 is 0 Å². The van der Waals surface area contributed by atoms with E-state index in [0.717, 1.165) is 5.56 Å². The third-order valence-corrected chi connectivity index (χ3v) is 7.09. The standard InChI is InChI=1S/C26H30N4O2/c31-25(28-16-20-6-5-15-29-14-4-3-9-24(20)29)23-18-30(17-19-10-12-27-13-11-19)26(32)22-8-2-1-7-21(22)23/h1-2,7-8,10-13,18,20,24H,3-6,9,14-17H2,(H,28,31). The van der Waals surface area contributed by atoms with Gasteiger partial charge >= 0.3 is 0 Å². The van der Waals surface area contributed by atoms with Gasteiger partial charge < -0.3 is 14.8 Å². The molecular formula is C26H30N4O2. The van der Waals surface area contributed by atoms with Crippen LogP contribution in [0.4, 0.5) is 0 Å². The van der Waals surface area contributed by atoms with E-state index in [9.17, 15) is 9.59 Å². The molecule has 2 aliphatic heterocycles. The van der Waals surface area contributed by atoms with Crippen LogP contribution in [0.5, 0.6) is 0 Å². The molecule has 166 valence electrons. The van der Waals surface area contributed by atoms with Gasteiger partial charge in [-0.25, -0.2) is 0 Å². The van der Waals surface area contributed by atoms with Crippen LogP contribution in [-0.2, 0) is 6.54 Å². The lowest BCUT2D eigenvalue weighted by atomic mass is 9.83. The number of piperidine rings is 2. The normalized spacial score (nSPS) is 21.2. The Morgan fingerprint density at radius 3 is 2.62 bits per heavy atom. The maximum absolute atomic E-state index is 13.3. The number of nitrogens with one attached hydrogen (secondary N) is 1. The molecule has 2 unspecified atom stereocenters. The van der Waals surface area contributed by atoms with Gasteiger partial charge in [0.1, 0.15) is 0 Å². The van der Waals surface area contributed by atoms with E-state index in [1.165, 1.54) is 45.2 Å². The van der Waals surface area contributed by atoms with Crippen molar-refractivity contribution in [2.75, 3.05) is 19.6 Å². The third kappa shape index (κ3) is 4.19. The quantitative estimate of drug-likeness (QED) is 0.673. The summed E-state index contributed by atoms with van der Waals surface area (Å²) in [5.74, 6) is 0.402. The van der Waals surface area contributed by atoms with E-state index in [4.69, 9.17) is 0 Å². The average Bonchev–Trinajstić information content (AvgIpc) is 2.85. The first-order valence-corrected chi connectivity index (χ1v) is 11.7. The summed E-state index contributed by atoms with van der Waals surface area (Å²) in [7, 11) is 0. The van der Waals surface area contributed by atoms with Crippen LogP contribution < -0.4 is 10.9 Å².